The first-order valence-corrected chi connectivity index (χ1v) is 10.5. The van der Waals surface area contributed by atoms with Gasteiger partial charge in [0.15, 0.2) is 0 Å². The molecule has 1 aliphatic heterocycles. The number of aliphatic hydroxyl groups is 1. The molecule has 1 aromatic carbocycles. The van der Waals surface area contributed by atoms with Gasteiger partial charge in [0.1, 0.15) is 18.2 Å². The number of nitrogens with zero attached hydrogens (tertiary/aromatic N) is 3. The predicted molar refractivity (Wildman–Crippen MR) is 101 cm³/mol. The van der Waals surface area contributed by atoms with Gasteiger partial charge >= 0.3 is 10.3 Å². The van der Waals surface area contributed by atoms with Crippen molar-refractivity contribution in [1.82, 2.24) is 9.97 Å². The number of benzene rings is 1. The van der Waals surface area contributed by atoms with E-state index in [0.717, 1.165) is 18.9 Å². The SMILES string of the molecule is NS(=O)(=O)OC[C@@H]1C[C@@H](Oc2cc(N3Cc4ccccc4C3)ncn2)C[C@@H]1O. The van der Waals surface area contributed by atoms with Crippen LogP contribution in [0.4, 0.5) is 5.82 Å². The van der Waals surface area contributed by atoms with Crippen LogP contribution in [0.2, 0.25) is 0 Å². The Hall–Kier alpha value is -2.27. The summed E-state index contributed by atoms with van der Waals surface area (Å²) in [6.07, 6.45) is 1.27. The average molecular weight is 406 g/mol. The van der Waals surface area contributed by atoms with Crippen molar-refractivity contribution in [2.24, 2.45) is 11.1 Å². The van der Waals surface area contributed by atoms with E-state index in [9.17, 15) is 13.5 Å². The van der Waals surface area contributed by atoms with Crippen molar-refractivity contribution in [1.29, 1.82) is 0 Å². The van der Waals surface area contributed by atoms with E-state index in [2.05, 4.69) is 31.2 Å². The molecule has 4 rings (SSSR count). The molecular weight excluding hydrogens is 384 g/mol. The monoisotopic (exact) mass is 406 g/mol. The Balaban J connectivity index is 1.38. The summed E-state index contributed by atoms with van der Waals surface area (Å²) in [5, 5.41) is 15.0. The second-order valence-electron chi connectivity index (χ2n) is 7.16. The molecule has 2 heterocycles. The van der Waals surface area contributed by atoms with E-state index in [1.165, 1.54) is 17.5 Å². The first-order chi connectivity index (χ1) is 13.4. The first kappa shape index (κ1) is 19.1. The number of hydrogen-bond donors (Lipinski definition) is 2. The molecule has 3 atom stereocenters. The summed E-state index contributed by atoms with van der Waals surface area (Å²) in [5.74, 6) is 0.831. The summed E-state index contributed by atoms with van der Waals surface area (Å²) in [5.41, 5.74) is 2.56. The molecule has 1 saturated carbocycles. The van der Waals surface area contributed by atoms with Gasteiger partial charge in [0.2, 0.25) is 5.88 Å². The van der Waals surface area contributed by atoms with Crippen LogP contribution in [0.3, 0.4) is 0 Å². The van der Waals surface area contributed by atoms with Crippen molar-refractivity contribution in [2.45, 2.75) is 38.1 Å². The zero-order valence-electron chi connectivity index (χ0n) is 15.1. The first-order valence-electron chi connectivity index (χ1n) is 9.03. The molecule has 28 heavy (non-hydrogen) atoms. The summed E-state index contributed by atoms with van der Waals surface area (Å²) in [4.78, 5) is 10.7. The van der Waals surface area contributed by atoms with Crippen LogP contribution in [0.5, 0.6) is 5.88 Å². The molecular formula is C18H22N4O5S. The Morgan fingerprint density at radius 1 is 1.18 bits per heavy atom. The fraction of sp³-hybridized carbons (Fsp3) is 0.444. The predicted octanol–water partition coefficient (Wildman–Crippen LogP) is 0.735. The molecule has 1 fully saturated rings. The number of hydrogen-bond acceptors (Lipinski definition) is 8. The number of nitrogens with two attached hydrogens (primary N) is 1. The third-order valence-corrected chi connectivity index (χ3v) is 5.60. The number of anilines is 1. The van der Waals surface area contributed by atoms with Crippen molar-refractivity contribution in [2.75, 3.05) is 11.5 Å². The van der Waals surface area contributed by atoms with Gasteiger partial charge in [0, 0.05) is 31.5 Å². The van der Waals surface area contributed by atoms with Crippen LogP contribution in [-0.2, 0) is 27.6 Å². The standard InChI is InChI=1S/C18H22N4O5S/c19-28(24,25)26-10-14-5-15(6-16(14)23)27-18-7-17(20-11-21-18)22-8-12-3-1-2-4-13(12)9-22/h1-4,7,11,14-16,23H,5-6,8-10H2,(H2,19,24,25)/t14-,15+,16-/m0/s1. The van der Waals surface area contributed by atoms with Gasteiger partial charge in [0.05, 0.1) is 12.7 Å². The summed E-state index contributed by atoms with van der Waals surface area (Å²) in [6.45, 7) is 1.39. The summed E-state index contributed by atoms with van der Waals surface area (Å²) < 4.78 is 32.4. The van der Waals surface area contributed by atoms with Crippen molar-refractivity contribution in [3.05, 3.63) is 47.8 Å². The Bertz CT molecular complexity index is 929. The lowest BCUT2D eigenvalue weighted by Gasteiger charge is -2.18. The van der Waals surface area contributed by atoms with Gasteiger partial charge in [-0.1, -0.05) is 24.3 Å². The highest BCUT2D eigenvalue weighted by Crippen LogP contribution is 2.32. The van der Waals surface area contributed by atoms with Crippen LogP contribution in [0.15, 0.2) is 36.7 Å². The number of rotatable bonds is 6. The molecule has 10 heteroatoms. The van der Waals surface area contributed by atoms with E-state index >= 15 is 0 Å². The molecule has 0 spiro atoms. The fourth-order valence-corrected chi connectivity index (χ4v) is 4.11. The number of fused-ring (bicyclic) bond motifs is 1. The molecule has 150 valence electrons. The van der Waals surface area contributed by atoms with E-state index in [1.807, 2.05) is 12.1 Å². The number of aliphatic hydroxyl groups excluding tert-OH is 1. The number of ether oxygens (including phenoxy) is 1. The zero-order valence-corrected chi connectivity index (χ0v) is 16.0. The van der Waals surface area contributed by atoms with Gasteiger partial charge in [-0.3, -0.25) is 4.18 Å². The van der Waals surface area contributed by atoms with E-state index in [-0.39, 0.29) is 18.6 Å². The maximum atomic E-state index is 10.9. The van der Waals surface area contributed by atoms with Crippen molar-refractivity contribution in [3.63, 3.8) is 0 Å². The fourth-order valence-electron chi connectivity index (χ4n) is 3.74. The highest BCUT2D eigenvalue weighted by molar-refractivity contribution is 7.84. The molecule has 2 aromatic rings. The van der Waals surface area contributed by atoms with Gasteiger partial charge in [-0.25, -0.2) is 15.1 Å². The molecule has 0 amide bonds. The maximum absolute atomic E-state index is 10.9. The zero-order chi connectivity index (χ0) is 19.7. The maximum Gasteiger partial charge on any atom is 0.333 e. The van der Waals surface area contributed by atoms with Crippen molar-refractivity contribution >= 4 is 16.1 Å². The van der Waals surface area contributed by atoms with E-state index in [4.69, 9.17) is 9.88 Å². The van der Waals surface area contributed by atoms with Crippen LogP contribution in [0.25, 0.3) is 0 Å². The molecule has 0 saturated heterocycles. The molecule has 0 bridgehead atoms. The molecule has 0 radical (unpaired) electrons. The second-order valence-corrected chi connectivity index (χ2v) is 8.38. The molecule has 9 nitrogen and oxygen atoms in total. The smallest absolute Gasteiger partial charge is 0.333 e. The topological polar surface area (TPSA) is 128 Å². The minimum absolute atomic E-state index is 0.166. The Labute approximate surface area is 163 Å². The van der Waals surface area contributed by atoms with Crippen LogP contribution in [0, 0.1) is 5.92 Å². The summed E-state index contributed by atoms with van der Waals surface area (Å²) >= 11 is 0. The van der Waals surface area contributed by atoms with E-state index in [1.54, 1.807) is 6.07 Å². The van der Waals surface area contributed by atoms with Gasteiger partial charge < -0.3 is 14.7 Å². The molecule has 3 N–H and O–H groups in total. The quantitative estimate of drug-likeness (QED) is 0.719. The summed E-state index contributed by atoms with van der Waals surface area (Å²) in [7, 11) is -4.03. The normalized spacial score (nSPS) is 24.4. The van der Waals surface area contributed by atoms with Crippen LogP contribution in [-0.4, -0.2) is 42.3 Å². The second kappa shape index (κ2) is 7.63. The van der Waals surface area contributed by atoms with Crippen molar-refractivity contribution < 1.29 is 22.4 Å². The molecule has 1 aromatic heterocycles. The number of aromatic nitrogens is 2. The van der Waals surface area contributed by atoms with E-state index in [0.29, 0.717) is 18.7 Å². The third kappa shape index (κ3) is 4.41. The Morgan fingerprint density at radius 2 is 1.89 bits per heavy atom. The average Bonchev–Trinajstić information content (AvgIpc) is 3.23. The molecule has 1 aliphatic carbocycles. The Kier molecular flexibility index (Phi) is 5.19. The lowest BCUT2D eigenvalue weighted by atomic mass is 10.1. The van der Waals surface area contributed by atoms with Gasteiger partial charge in [-0.05, 0) is 17.5 Å². The highest BCUT2D eigenvalue weighted by Gasteiger charge is 2.35. The largest absolute Gasteiger partial charge is 0.474 e. The molecule has 0 unspecified atom stereocenters. The van der Waals surface area contributed by atoms with Crippen LogP contribution < -0.4 is 14.8 Å². The van der Waals surface area contributed by atoms with Gasteiger partial charge in [-0.15, -0.1) is 0 Å². The minimum Gasteiger partial charge on any atom is -0.474 e. The van der Waals surface area contributed by atoms with Gasteiger partial charge in [-0.2, -0.15) is 8.42 Å². The van der Waals surface area contributed by atoms with Gasteiger partial charge in [0.25, 0.3) is 0 Å². The lowest BCUT2D eigenvalue weighted by molar-refractivity contribution is 0.0986. The lowest BCUT2D eigenvalue weighted by Crippen LogP contribution is -2.24. The van der Waals surface area contributed by atoms with Crippen LogP contribution >= 0.6 is 0 Å². The minimum atomic E-state index is -4.03. The molecule has 2 aliphatic rings. The van der Waals surface area contributed by atoms with Crippen molar-refractivity contribution in [3.8, 4) is 5.88 Å². The van der Waals surface area contributed by atoms with E-state index < -0.39 is 16.4 Å². The third-order valence-electron chi connectivity index (χ3n) is 5.14. The van der Waals surface area contributed by atoms with Crippen LogP contribution in [0.1, 0.15) is 24.0 Å². The highest BCUT2D eigenvalue weighted by atomic mass is 32.2. The Morgan fingerprint density at radius 3 is 2.57 bits per heavy atom. The summed E-state index contributed by atoms with van der Waals surface area (Å²) in [6, 6.07) is 10.1.